The van der Waals surface area contributed by atoms with Crippen molar-refractivity contribution in [1.82, 2.24) is 0 Å². The van der Waals surface area contributed by atoms with E-state index in [9.17, 15) is 18.3 Å². The average Bonchev–Trinajstić information content (AvgIpc) is 2.39. The number of halogens is 1. The first-order chi connectivity index (χ1) is 10.8. The van der Waals surface area contributed by atoms with Crippen molar-refractivity contribution in [3.8, 4) is 0 Å². The number of carbonyl (C=O) groups is 1. The number of nitrogens with two attached hydrogens (primary N) is 1. The zero-order chi connectivity index (χ0) is 17.0. The third-order valence-electron chi connectivity index (χ3n) is 4.07. The molecule has 23 heavy (non-hydrogen) atoms. The molecule has 1 saturated carbocycles. The molecule has 0 unspecified atom stereocenters. The summed E-state index contributed by atoms with van der Waals surface area (Å²) in [5.41, 5.74) is 0.195. The summed E-state index contributed by atoms with van der Waals surface area (Å²) in [6, 6.07) is 2.51. The summed E-state index contributed by atoms with van der Waals surface area (Å²) in [6.07, 6.45) is 7.67. The summed E-state index contributed by atoms with van der Waals surface area (Å²) in [6.45, 7) is 0. The van der Waals surface area contributed by atoms with E-state index in [0.29, 0.717) is 5.69 Å². The lowest BCUT2D eigenvalue weighted by Crippen LogP contribution is -2.22. The number of rotatable bonds is 4. The number of benzene rings is 1. The van der Waals surface area contributed by atoms with Crippen LogP contribution in [0.3, 0.4) is 0 Å². The molecule has 6 nitrogen and oxygen atoms in total. The Bertz CT molecular complexity index is 683. The third kappa shape index (κ3) is 4.83. The maximum atomic E-state index is 11.5. The predicted octanol–water partition coefficient (Wildman–Crippen LogP) is 3.21. The van der Waals surface area contributed by atoms with Crippen LogP contribution in [-0.2, 0) is 10.0 Å². The molecular weight excluding hydrogens is 340 g/mol. The Morgan fingerprint density at radius 1 is 1.17 bits per heavy atom. The normalized spacial score (nSPS) is 17.3. The van der Waals surface area contributed by atoms with Gasteiger partial charge in [-0.15, -0.1) is 0 Å². The zero-order valence-corrected chi connectivity index (χ0v) is 14.3. The van der Waals surface area contributed by atoms with Gasteiger partial charge in [-0.05, 0) is 25.0 Å². The monoisotopic (exact) mass is 360 g/mol. The molecule has 0 spiro atoms. The zero-order valence-electron chi connectivity index (χ0n) is 12.7. The molecule has 0 aromatic heterocycles. The highest BCUT2D eigenvalue weighted by molar-refractivity contribution is 7.89. The fraction of sp³-hybridized carbons (Fsp3) is 0.533. The Morgan fingerprint density at radius 2 is 1.74 bits per heavy atom. The van der Waals surface area contributed by atoms with Crippen LogP contribution in [0, 0.1) is 0 Å². The van der Waals surface area contributed by atoms with E-state index in [4.69, 9.17) is 16.7 Å². The first kappa shape index (κ1) is 18.0. The molecule has 1 aromatic rings. The first-order valence-electron chi connectivity index (χ1n) is 7.65. The highest BCUT2D eigenvalue weighted by atomic mass is 35.5. The van der Waals surface area contributed by atoms with Crippen LogP contribution in [0.2, 0.25) is 5.02 Å². The topological polar surface area (TPSA) is 109 Å². The fourth-order valence-electron chi connectivity index (χ4n) is 2.89. The Morgan fingerprint density at radius 3 is 2.26 bits per heavy atom. The van der Waals surface area contributed by atoms with Crippen LogP contribution in [-0.4, -0.2) is 25.5 Å². The van der Waals surface area contributed by atoms with E-state index in [1.807, 2.05) is 0 Å². The minimum atomic E-state index is -4.07. The number of hydrogen-bond donors (Lipinski definition) is 3. The molecule has 2 rings (SSSR count). The molecule has 8 heteroatoms. The molecule has 0 heterocycles. The number of carboxylic acid groups (broad SMARTS) is 1. The predicted molar refractivity (Wildman–Crippen MR) is 89.5 cm³/mol. The Kier molecular flexibility index (Phi) is 5.89. The second-order valence-electron chi connectivity index (χ2n) is 5.86. The van der Waals surface area contributed by atoms with Gasteiger partial charge in [0.1, 0.15) is 4.90 Å². The molecule has 128 valence electrons. The molecule has 0 radical (unpaired) electrons. The summed E-state index contributed by atoms with van der Waals surface area (Å²) in [5, 5.41) is 17.6. The van der Waals surface area contributed by atoms with E-state index >= 15 is 0 Å². The van der Waals surface area contributed by atoms with E-state index < -0.39 is 16.0 Å². The van der Waals surface area contributed by atoms with E-state index in [-0.39, 0.29) is 21.5 Å². The van der Waals surface area contributed by atoms with Gasteiger partial charge in [0.15, 0.2) is 0 Å². The molecule has 0 bridgehead atoms. The van der Waals surface area contributed by atoms with Crippen molar-refractivity contribution < 1.29 is 18.3 Å². The molecule has 0 aliphatic heterocycles. The minimum Gasteiger partial charge on any atom is -0.478 e. The van der Waals surface area contributed by atoms with Crippen LogP contribution in [0.1, 0.15) is 55.3 Å². The molecule has 1 aliphatic carbocycles. The van der Waals surface area contributed by atoms with Crippen molar-refractivity contribution in [2.45, 2.75) is 55.9 Å². The maximum Gasteiger partial charge on any atom is 0.337 e. The number of primary sulfonamides is 1. The molecule has 0 saturated heterocycles. The highest BCUT2D eigenvalue weighted by Gasteiger charge is 2.22. The van der Waals surface area contributed by atoms with Gasteiger partial charge < -0.3 is 10.4 Å². The van der Waals surface area contributed by atoms with Crippen LogP contribution in [0.5, 0.6) is 0 Å². The van der Waals surface area contributed by atoms with Crippen LogP contribution >= 0.6 is 11.6 Å². The molecule has 0 amide bonds. The lowest BCUT2D eigenvalue weighted by atomic mass is 9.96. The lowest BCUT2D eigenvalue weighted by Gasteiger charge is -2.23. The van der Waals surface area contributed by atoms with Crippen molar-refractivity contribution >= 4 is 33.3 Å². The quantitative estimate of drug-likeness (QED) is 0.763. The van der Waals surface area contributed by atoms with Crippen molar-refractivity contribution in [3.05, 3.63) is 22.7 Å². The Hall–Kier alpha value is -1.31. The van der Waals surface area contributed by atoms with Gasteiger partial charge in [-0.2, -0.15) is 0 Å². The number of aromatic carboxylic acids is 1. The molecule has 1 aliphatic rings. The summed E-state index contributed by atoms with van der Waals surface area (Å²) >= 11 is 5.97. The van der Waals surface area contributed by atoms with E-state index in [0.717, 1.165) is 31.7 Å². The van der Waals surface area contributed by atoms with Crippen molar-refractivity contribution in [3.63, 3.8) is 0 Å². The van der Waals surface area contributed by atoms with Gasteiger partial charge in [-0.1, -0.05) is 43.7 Å². The average molecular weight is 361 g/mol. The molecular formula is C15H21ClN2O4S. The molecule has 0 atom stereocenters. The van der Waals surface area contributed by atoms with Crippen molar-refractivity contribution in [2.24, 2.45) is 5.14 Å². The van der Waals surface area contributed by atoms with E-state index in [1.165, 1.54) is 25.3 Å². The standard InChI is InChI=1S/C15H21ClN2O4S/c16-12-9-13(18-10-6-4-2-1-3-5-7-10)11(15(19)20)8-14(12)23(17,21)22/h8-10,18H,1-7H2,(H,19,20)(H2,17,21,22). The molecule has 1 fully saturated rings. The molecule has 4 N–H and O–H groups in total. The number of sulfonamides is 1. The van der Waals surface area contributed by atoms with Gasteiger partial charge in [-0.3, -0.25) is 0 Å². The second-order valence-corrected chi connectivity index (χ2v) is 7.80. The highest BCUT2D eigenvalue weighted by Crippen LogP contribution is 2.30. The smallest absolute Gasteiger partial charge is 0.337 e. The number of nitrogens with one attached hydrogen (secondary N) is 1. The fourth-order valence-corrected chi connectivity index (χ4v) is 3.99. The summed E-state index contributed by atoms with van der Waals surface area (Å²) in [5.74, 6) is -1.22. The largest absolute Gasteiger partial charge is 0.478 e. The van der Waals surface area contributed by atoms with Crippen LogP contribution < -0.4 is 10.5 Å². The van der Waals surface area contributed by atoms with Gasteiger partial charge >= 0.3 is 5.97 Å². The number of hydrogen-bond acceptors (Lipinski definition) is 4. The summed E-state index contributed by atoms with van der Waals surface area (Å²) in [4.78, 5) is 11.1. The number of carboxylic acids is 1. The Balaban J connectivity index is 2.33. The van der Waals surface area contributed by atoms with Crippen LogP contribution in [0.4, 0.5) is 5.69 Å². The maximum absolute atomic E-state index is 11.5. The Labute approximate surface area is 141 Å². The van der Waals surface area contributed by atoms with Crippen LogP contribution in [0.25, 0.3) is 0 Å². The van der Waals surface area contributed by atoms with Gasteiger partial charge in [0, 0.05) is 6.04 Å². The first-order valence-corrected chi connectivity index (χ1v) is 9.57. The van der Waals surface area contributed by atoms with Gasteiger partial charge in [0.05, 0.1) is 16.3 Å². The van der Waals surface area contributed by atoms with Crippen molar-refractivity contribution in [2.75, 3.05) is 5.32 Å². The van der Waals surface area contributed by atoms with Crippen molar-refractivity contribution in [1.29, 1.82) is 0 Å². The number of anilines is 1. The van der Waals surface area contributed by atoms with Crippen LogP contribution in [0.15, 0.2) is 17.0 Å². The van der Waals surface area contributed by atoms with E-state index in [1.54, 1.807) is 0 Å². The van der Waals surface area contributed by atoms with Gasteiger partial charge in [0.25, 0.3) is 0 Å². The summed E-state index contributed by atoms with van der Waals surface area (Å²) in [7, 11) is -4.07. The van der Waals surface area contributed by atoms with Gasteiger partial charge in [0.2, 0.25) is 10.0 Å². The van der Waals surface area contributed by atoms with E-state index in [2.05, 4.69) is 5.32 Å². The third-order valence-corrected chi connectivity index (χ3v) is 5.45. The molecule has 1 aromatic carbocycles. The SMILES string of the molecule is NS(=O)(=O)c1cc(C(=O)O)c(NC2CCCCCCC2)cc1Cl. The second kappa shape index (κ2) is 7.51. The summed E-state index contributed by atoms with van der Waals surface area (Å²) < 4.78 is 23.0. The minimum absolute atomic E-state index is 0.0779. The van der Waals surface area contributed by atoms with Gasteiger partial charge in [-0.25, -0.2) is 18.4 Å². The lowest BCUT2D eigenvalue weighted by molar-refractivity contribution is 0.0697.